The molecule has 92 valence electrons. The number of rotatable bonds is 2. The highest BCUT2D eigenvalue weighted by molar-refractivity contribution is 6.44. The third kappa shape index (κ3) is 2.55. The molecule has 2 rings (SSSR count). The van der Waals surface area contributed by atoms with E-state index in [1.165, 1.54) is 0 Å². The minimum atomic E-state index is -0.142. The molecule has 4 heteroatoms. The Labute approximate surface area is 116 Å². The van der Waals surface area contributed by atoms with Gasteiger partial charge in [-0.2, -0.15) is 0 Å². The number of aromatic nitrogens is 1. The van der Waals surface area contributed by atoms with Crippen molar-refractivity contribution in [3.8, 4) is 0 Å². The van der Waals surface area contributed by atoms with E-state index in [0.717, 1.165) is 11.4 Å². The van der Waals surface area contributed by atoms with Gasteiger partial charge in [0.25, 0.3) is 0 Å². The third-order valence-corrected chi connectivity index (χ3v) is 3.36. The number of aryl methyl sites for hydroxylation is 2. The maximum Gasteiger partial charge on any atom is 0.194 e. The summed E-state index contributed by atoms with van der Waals surface area (Å²) in [6.07, 6.45) is 0. The molecular weight excluding hydrogens is 269 g/mol. The Bertz CT molecular complexity index is 603. The summed E-state index contributed by atoms with van der Waals surface area (Å²) in [5.74, 6) is -0.142. The normalized spacial score (nSPS) is 10.4. The van der Waals surface area contributed by atoms with E-state index in [1.807, 2.05) is 13.8 Å². The number of ketones is 1. The number of nitrogens with zero attached hydrogens (tertiary/aromatic N) is 1. The van der Waals surface area contributed by atoms with Crippen molar-refractivity contribution in [1.82, 2.24) is 4.98 Å². The van der Waals surface area contributed by atoms with Gasteiger partial charge in [-0.1, -0.05) is 29.3 Å². The number of carbonyl (C=O) groups excluding carboxylic acids is 1. The molecule has 0 fully saturated rings. The number of hydrogen-bond acceptors (Lipinski definition) is 2. The fourth-order valence-corrected chi connectivity index (χ4v) is 2.19. The van der Waals surface area contributed by atoms with E-state index in [1.54, 1.807) is 30.3 Å². The predicted molar refractivity (Wildman–Crippen MR) is 73.6 cm³/mol. The second-order valence-electron chi connectivity index (χ2n) is 4.07. The molecule has 0 N–H and O–H groups in total. The van der Waals surface area contributed by atoms with Crippen LogP contribution in [0.4, 0.5) is 0 Å². The minimum absolute atomic E-state index is 0.142. The Hall–Kier alpha value is -1.38. The van der Waals surface area contributed by atoms with E-state index >= 15 is 0 Å². The highest BCUT2D eigenvalue weighted by Crippen LogP contribution is 2.27. The summed E-state index contributed by atoms with van der Waals surface area (Å²) >= 11 is 12.0. The van der Waals surface area contributed by atoms with Gasteiger partial charge < -0.3 is 0 Å². The Morgan fingerprint density at radius 2 is 1.72 bits per heavy atom. The first kappa shape index (κ1) is 13.1. The zero-order chi connectivity index (χ0) is 13.3. The molecule has 0 spiro atoms. The van der Waals surface area contributed by atoms with Crippen LogP contribution in [-0.4, -0.2) is 10.8 Å². The lowest BCUT2D eigenvalue weighted by Crippen LogP contribution is -2.04. The Balaban J connectivity index is 2.51. The van der Waals surface area contributed by atoms with Crippen molar-refractivity contribution in [2.24, 2.45) is 0 Å². The van der Waals surface area contributed by atoms with Gasteiger partial charge in [-0.3, -0.25) is 9.78 Å². The summed E-state index contributed by atoms with van der Waals surface area (Å²) in [7, 11) is 0. The van der Waals surface area contributed by atoms with E-state index in [9.17, 15) is 4.79 Å². The zero-order valence-corrected chi connectivity index (χ0v) is 11.5. The topological polar surface area (TPSA) is 30.0 Å². The lowest BCUT2D eigenvalue weighted by atomic mass is 10.0. The van der Waals surface area contributed by atoms with E-state index < -0.39 is 0 Å². The Morgan fingerprint density at radius 3 is 2.33 bits per heavy atom. The summed E-state index contributed by atoms with van der Waals surface area (Å²) in [6, 6.07) is 8.52. The summed E-state index contributed by atoms with van der Waals surface area (Å²) < 4.78 is 0. The molecule has 1 heterocycles. The average molecular weight is 280 g/mol. The van der Waals surface area contributed by atoms with Crippen LogP contribution < -0.4 is 0 Å². The van der Waals surface area contributed by atoms with Gasteiger partial charge in [0.15, 0.2) is 5.78 Å². The van der Waals surface area contributed by atoms with Gasteiger partial charge in [0.1, 0.15) is 0 Å². The van der Waals surface area contributed by atoms with Gasteiger partial charge in [-0.05, 0) is 38.1 Å². The molecule has 0 atom stereocenters. The molecular formula is C14H11Cl2NO. The molecule has 0 saturated carbocycles. The highest BCUT2D eigenvalue weighted by Gasteiger charge is 2.15. The molecule has 1 aromatic heterocycles. The standard InChI is InChI=1S/C14H11Cl2NO/c1-8-6-10(7-9(2)17-8)14(18)11-4-3-5-12(15)13(11)16/h3-7H,1-2H3. The van der Waals surface area contributed by atoms with Crippen LogP contribution >= 0.6 is 23.2 Å². The molecule has 2 aromatic rings. The van der Waals surface area contributed by atoms with Crippen LogP contribution in [-0.2, 0) is 0 Å². The summed E-state index contributed by atoms with van der Waals surface area (Å²) in [6.45, 7) is 3.70. The van der Waals surface area contributed by atoms with Gasteiger partial charge in [0.05, 0.1) is 10.0 Å². The predicted octanol–water partition coefficient (Wildman–Crippen LogP) is 4.24. The second-order valence-corrected chi connectivity index (χ2v) is 4.85. The Morgan fingerprint density at radius 1 is 1.11 bits per heavy atom. The van der Waals surface area contributed by atoms with Crippen LogP contribution in [0.15, 0.2) is 30.3 Å². The van der Waals surface area contributed by atoms with E-state index in [2.05, 4.69) is 4.98 Å². The number of benzene rings is 1. The molecule has 0 aliphatic carbocycles. The molecule has 0 aliphatic heterocycles. The number of pyridine rings is 1. The largest absolute Gasteiger partial charge is 0.289 e. The van der Waals surface area contributed by atoms with E-state index in [0.29, 0.717) is 16.1 Å². The van der Waals surface area contributed by atoms with Crippen LogP contribution in [0.25, 0.3) is 0 Å². The molecule has 18 heavy (non-hydrogen) atoms. The first-order valence-corrected chi connectivity index (χ1v) is 6.18. The number of halogens is 2. The van der Waals surface area contributed by atoms with Crippen molar-refractivity contribution in [2.45, 2.75) is 13.8 Å². The quantitative estimate of drug-likeness (QED) is 0.770. The zero-order valence-electron chi connectivity index (χ0n) is 10.00. The molecule has 2 nitrogen and oxygen atoms in total. The van der Waals surface area contributed by atoms with Crippen molar-refractivity contribution in [3.63, 3.8) is 0 Å². The summed E-state index contributed by atoms with van der Waals surface area (Å²) in [5, 5.41) is 0.668. The van der Waals surface area contributed by atoms with Gasteiger partial charge in [-0.15, -0.1) is 0 Å². The highest BCUT2D eigenvalue weighted by atomic mass is 35.5. The van der Waals surface area contributed by atoms with Gasteiger partial charge >= 0.3 is 0 Å². The number of carbonyl (C=O) groups is 1. The molecule has 0 amide bonds. The minimum Gasteiger partial charge on any atom is -0.289 e. The van der Waals surface area contributed by atoms with Crippen LogP contribution in [0.2, 0.25) is 10.0 Å². The van der Waals surface area contributed by atoms with Crippen molar-refractivity contribution >= 4 is 29.0 Å². The van der Waals surface area contributed by atoms with Gasteiger partial charge in [0, 0.05) is 22.5 Å². The van der Waals surface area contributed by atoms with Crippen molar-refractivity contribution in [3.05, 3.63) is 62.9 Å². The lowest BCUT2D eigenvalue weighted by molar-refractivity contribution is 0.103. The molecule has 0 bridgehead atoms. The van der Waals surface area contributed by atoms with Crippen LogP contribution in [0.5, 0.6) is 0 Å². The maximum absolute atomic E-state index is 12.4. The lowest BCUT2D eigenvalue weighted by Gasteiger charge is -2.06. The van der Waals surface area contributed by atoms with Gasteiger partial charge in [0.2, 0.25) is 0 Å². The first-order chi connectivity index (χ1) is 8.49. The second kappa shape index (κ2) is 5.09. The van der Waals surface area contributed by atoms with Gasteiger partial charge in [-0.25, -0.2) is 0 Å². The SMILES string of the molecule is Cc1cc(C(=O)c2cccc(Cl)c2Cl)cc(C)n1. The monoisotopic (exact) mass is 279 g/mol. The van der Waals surface area contributed by atoms with Crippen LogP contribution in [0.1, 0.15) is 27.3 Å². The summed E-state index contributed by atoms with van der Waals surface area (Å²) in [4.78, 5) is 16.6. The smallest absolute Gasteiger partial charge is 0.194 e. The molecule has 0 unspecified atom stereocenters. The van der Waals surface area contributed by atoms with E-state index in [4.69, 9.17) is 23.2 Å². The van der Waals surface area contributed by atoms with E-state index in [-0.39, 0.29) is 10.8 Å². The maximum atomic E-state index is 12.4. The van der Waals surface area contributed by atoms with Crippen molar-refractivity contribution < 1.29 is 4.79 Å². The van der Waals surface area contributed by atoms with Crippen LogP contribution in [0.3, 0.4) is 0 Å². The molecule has 0 saturated heterocycles. The average Bonchev–Trinajstić information content (AvgIpc) is 2.30. The Kier molecular flexibility index (Phi) is 3.69. The van der Waals surface area contributed by atoms with Crippen molar-refractivity contribution in [1.29, 1.82) is 0 Å². The summed E-state index contributed by atoms with van der Waals surface area (Å²) in [5.41, 5.74) is 2.59. The van der Waals surface area contributed by atoms with Crippen LogP contribution in [0, 0.1) is 13.8 Å². The first-order valence-electron chi connectivity index (χ1n) is 5.43. The third-order valence-electron chi connectivity index (χ3n) is 2.54. The fraction of sp³-hybridized carbons (Fsp3) is 0.143. The molecule has 1 aromatic carbocycles. The fourth-order valence-electron chi connectivity index (χ4n) is 1.80. The molecule has 0 aliphatic rings. The van der Waals surface area contributed by atoms with Crippen molar-refractivity contribution in [2.75, 3.05) is 0 Å². The number of hydrogen-bond donors (Lipinski definition) is 0. The molecule has 0 radical (unpaired) electrons.